The van der Waals surface area contributed by atoms with Gasteiger partial charge in [0.2, 0.25) is 0 Å². The quantitative estimate of drug-likeness (QED) is 0.340. The molecule has 0 atom stereocenters. The van der Waals surface area contributed by atoms with Crippen molar-refractivity contribution < 1.29 is 13.2 Å². The van der Waals surface area contributed by atoms with Crippen LogP contribution in [0, 0.1) is 0 Å². The highest BCUT2D eigenvalue weighted by Crippen LogP contribution is 2.33. The number of benzene rings is 3. The van der Waals surface area contributed by atoms with Gasteiger partial charge in [-0.1, -0.05) is 48.6 Å². The molecule has 1 fully saturated rings. The molecule has 3 aromatic carbocycles. The maximum Gasteiger partial charge on any atom is 0.264 e. The van der Waals surface area contributed by atoms with Crippen molar-refractivity contribution in [3.05, 3.63) is 83.4 Å². The van der Waals surface area contributed by atoms with Crippen LogP contribution in [0.1, 0.15) is 28.4 Å². The summed E-state index contributed by atoms with van der Waals surface area (Å²) in [5, 5.41) is 4.07. The number of hydrogen-bond acceptors (Lipinski definition) is 7. The standard InChI is InChI=1S/C30H33N5O3S2/c1-2-22-7-5-9-27-28(22)32-30(39-27)34-20-18-33(19-21-34)17-15-31-29(36)24-10-12-25(13-11-24)40(37,38)35-16-14-23-6-3-4-8-26(23)35/h3-13H,2,14-21H2,1H3,(H,31,36). The van der Waals surface area contributed by atoms with Crippen LogP contribution in [0.2, 0.25) is 0 Å². The van der Waals surface area contributed by atoms with Crippen LogP contribution in [-0.4, -0.2) is 70.0 Å². The molecule has 3 heterocycles. The van der Waals surface area contributed by atoms with Gasteiger partial charge in [0, 0.05) is 51.4 Å². The number of hydrogen-bond donors (Lipinski definition) is 1. The molecule has 0 aliphatic carbocycles. The van der Waals surface area contributed by atoms with Gasteiger partial charge in [0.1, 0.15) is 0 Å². The van der Waals surface area contributed by atoms with Crippen LogP contribution in [0.3, 0.4) is 0 Å². The van der Waals surface area contributed by atoms with Gasteiger partial charge in [0.15, 0.2) is 5.13 Å². The second kappa shape index (κ2) is 11.2. The summed E-state index contributed by atoms with van der Waals surface area (Å²) in [5.74, 6) is -0.199. The molecule has 0 spiro atoms. The predicted molar refractivity (Wildman–Crippen MR) is 161 cm³/mol. The Bertz CT molecular complexity index is 1630. The second-order valence-electron chi connectivity index (χ2n) is 10.2. The molecule has 4 aromatic rings. The minimum Gasteiger partial charge on any atom is -0.351 e. The fourth-order valence-electron chi connectivity index (χ4n) is 5.47. The van der Waals surface area contributed by atoms with Gasteiger partial charge < -0.3 is 10.2 Å². The molecule has 208 valence electrons. The number of carbonyl (C=O) groups excluding carboxylic acids is 1. The Morgan fingerprint density at radius 1 is 0.950 bits per heavy atom. The Kier molecular flexibility index (Phi) is 7.48. The lowest BCUT2D eigenvalue weighted by molar-refractivity contribution is 0.0947. The molecule has 6 rings (SSSR count). The lowest BCUT2D eigenvalue weighted by Gasteiger charge is -2.34. The van der Waals surface area contributed by atoms with Crippen LogP contribution in [0.5, 0.6) is 0 Å². The molecule has 2 aliphatic heterocycles. The van der Waals surface area contributed by atoms with Crippen molar-refractivity contribution >= 4 is 48.3 Å². The number of para-hydroxylation sites is 2. The van der Waals surface area contributed by atoms with E-state index in [1.807, 2.05) is 24.3 Å². The topological polar surface area (TPSA) is 85.8 Å². The SMILES string of the molecule is CCc1cccc2sc(N3CCN(CCNC(=O)c4ccc(S(=O)(=O)N5CCc6ccccc65)cc4)CC3)nc12. The highest BCUT2D eigenvalue weighted by atomic mass is 32.2. The first kappa shape index (κ1) is 26.7. The zero-order valence-electron chi connectivity index (χ0n) is 22.5. The lowest BCUT2D eigenvalue weighted by atomic mass is 10.1. The molecular formula is C30H33N5O3S2. The number of aromatic nitrogens is 1. The second-order valence-corrected chi connectivity index (χ2v) is 13.1. The number of amides is 1. The third kappa shape index (κ3) is 5.18. The van der Waals surface area contributed by atoms with Crippen molar-refractivity contribution in [1.29, 1.82) is 0 Å². The van der Waals surface area contributed by atoms with Crippen LogP contribution in [0.25, 0.3) is 10.2 Å². The summed E-state index contributed by atoms with van der Waals surface area (Å²) in [7, 11) is -3.67. The van der Waals surface area contributed by atoms with Gasteiger partial charge in [-0.15, -0.1) is 0 Å². The first-order valence-corrected chi connectivity index (χ1v) is 16.0. The molecule has 10 heteroatoms. The molecular weight excluding hydrogens is 542 g/mol. The molecule has 1 N–H and O–H groups in total. The summed E-state index contributed by atoms with van der Waals surface area (Å²) in [6.45, 7) is 7.54. The van der Waals surface area contributed by atoms with E-state index >= 15 is 0 Å². The van der Waals surface area contributed by atoms with E-state index in [0.717, 1.165) is 61.0 Å². The Hall–Kier alpha value is -3.47. The molecule has 0 unspecified atom stereocenters. The van der Waals surface area contributed by atoms with Crippen LogP contribution in [-0.2, 0) is 22.9 Å². The molecule has 0 radical (unpaired) electrons. The zero-order valence-corrected chi connectivity index (χ0v) is 24.2. The Morgan fingerprint density at radius 2 is 1.73 bits per heavy atom. The van der Waals surface area contributed by atoms with Crippen LogP contribution >= 0.6 is 11.3 Å². The third-order valence-corrected chi connectivity index (χ3v) is 10.7. The molecule has 2 aliphatic rings. The van der Waals surface area contributed by atoms with E-state index < -0.39 is 10.0 Å². The Morgan fingerprint density at radius 3 is 2.50 bits per heavy atom. The molecule has 0 saturated carbocycles. The average molecular weight is 576 g/mol. The highest BCUT2D eigenvalue weighted by Gasteiger charge is 2.30. The number of aryl methyl sites for hydroxylation is 1. The minimum atomic E-state index is -3.67. The zero-order chi connectivity index (χ0) is 27.7. The number of carbonyl (C=O) groups is 1. The first-order valence-electron chi connectivity index (χ1n) is 13.8. The van der Waals surface area contributed by atoms with Gasteiger partial charge in [0.05, 0.1) is 20.8 Å². The number of rotatable bonds is 8. The first-order chi connectivity index (χ1) is 19.4. The van der Waals surface area contributed by atoms with E-state index in [-0.39, 0.29) is 10.8 Å². The molecule has 0 bridgehead atoms. The van der Waals surface area contributed by atoms with Crippen LogP contribution in [0.4, 0.5) is 10.8 Å². The van der Waals surface area contributed by atoms with E-state index in [9.17, 15) is 13.2 Å². The normalized spacial score (nSPS) is 15.9. The number of piperazine rings is 1. The van der Waals surface area contributed by atoms with Gasteiger partial charge in [-0.05, 0) is 60.4 Å². The van der Waals surface area contributed by atoms with Crippen molar-refractivity contribution in [2.75, 3.05) is 55.0 Å². The summed E-state index contributed by atoms with van der Waals surface area (Å²) in [4.78, 5) is 22.6. The smallest absolute Gasteiger partial charge is 0.264 e. The lowest BCUT2D eigenvalue weighted by Crippen LogP contribution is -2.48. The van der Waals surface area contributed by atoms with Crippen molar-refractivity contribution in [3.63, 3.8) is 0 Å². The Balaban J connectivity index is 0.993. The molecule has 1 aromatic heterocycles. The van der Waals surface area contributed by atoms with Crippen LogP contribution in [0.15, 0.2) is 71.6 Å². The van der Waals surface area contributed by atoms with Gasteiger partial charge >= 0.3 is 0 Å². The number of nitrogens with zero attached hydrogens (tertiary/aromatic N) is 4. The van der Waals surface area contributed by atoms with Crippen molar-refractivity contribution in [2.45, 2.75) is 24.7 Å². The maximum absolute atomic E-state index is 13.2. The summed E-state index contributed by atoms with van der Waals surface area (Å²) in [5.41, 5.74) is 4.64. The third-order valence-electron chi connectivity index (χ3n) is 7.78. The van der Waals surface area contributed by atoms with E-state index in [4.69, 9.17) is 4.98 Å². The average Bonchev–Trinajstić information content (AvgIpc) is 3.63. The summed E-state index contributed by atoms with van der Waals surface area (Å²) in [6.07, 6.45) is 1.68. The molecule has 1 saturated heterocycles. The van der Waals surface area contributed by atoms with E-state index in [0.29, 0.717) is 25.1 Å². The van der Waals surface area contributed by atoms with Gasteiger partial charge in [-0.2, -0.15) is 0 Å². The van der Waals surface area contributed by atoms with Crippen LogP contribution < -0.4 is 14.5 Å². The van der Waals surface area contributed by atoms with E-state index in [1.165, 1.54) is 26.7 Å². The minimum absolute atomic E-state index is 0.192. The largest absolute Gasteiger partial charge is 0.351 e. The molecule has 40 heavy (non-hydrogen) atoms. The summed E-state index contributed by atoms with van der Waals surface area (Å²) < 4.78 is 29.1. The molecule has 1 amide bonds. The van der Waals surface area contributed by atoms with Crippen molar-refractivity contribution in [2.24, 2.45) is 0 Å². The van der Waals surface area contributed by atoms with Gasteiger partial charge in [-0.3, -0.25) is 14.0 Å². The maximum atomic E-state index is 13.2. The van der Waals surface area contributed by atoms with Gasteiger partial charge in [-0.25, -0.2) is 13.4 Å². The fraction of sp³-hybridized carbons (Fsp3) is 0.333. The fourth-order valence-corrected chi connectivity index (χ4v) is 8.04. The number of sulfonamides is 1. The highest BCUT2D eigenvalue weighted by molar-refractivity contribution is 7.92. The Labute approximate surface area is 239 Å². The number of fused-ring (bicyclic) bond motifs is 2. The molecule has 8 nitrogen and oxygen atoms in total. The van der Waals surface area contributed by atoms with Crippen molar-refractivity contribution in [1.82, 2.24) is 15.2 Å². The van der Waals surface area contributed by atoms with Crippen molar-refractivity contribution in [3.8, 4) is 0 Å². The predicted octanol–water partition coefficient (Wildman–Crippen LogP) is 4.16. The number of nitrogens with one attached hydrogen (secondary N) is 1. The number of anilines is 2. The van der Waals surface area contributed by atoms with Gasteiger partial charge in [0.25, 0.3) is 15.9 Å². The number of thiazole rings is 1. The van der Waals surface area contributed by atoms with E-state index in [1.54, 1.807) is 23.5 Å². The summed E-state index contributed by atoms with van der Waals surface area (Å²) in [6, 6.07) is 20.2. The van der Waals surface area contributed by atoms with E-state index in [2.05, 4.69) is 40.2 Å². The summed E-state index contributed by atoms with van der Waals surface area (Å²) >= 11 is 1.76. The monoisotopic (exact) mass is 575 g/mol.